The molecule has 0 spiro atoms. The van der Waals surface area contributed by atoms with Crippen LogP contribution in [0.5, 0.6) is 11.5 Å². The average molecular weight is 393 g/mol. The summed E-state index contributed by atoms with van der Waals surface area (Å²) >= 11 is 0. The predicted octanol–water partition coefficient (Wildman–Crippen LogP) is 3.88. The number of benzene rings is 1. The highest BCUT2D eigenvalue weighted by Gasteiger charge is 2.42. The van der Waals surface area contributed by atoms with E-state index in [0.717, 1.165) is 43.9 Å². The molecule has 1 aromatic carbocycles. The van der Waals surface area contributed by atoms with Crippen LogP contribution in [0.3, 0.4) is 0 Å². The van der Waals surface area contributed by atoms with Crippen molar-refractivity contribution in [3.8, 4) is 11.5 Å². The number of allylic oxidation sites excluding steroid dienone is 4. The molecule has 2 aliphatic carbocycles. The normalized spacial score (nSPS) is 29.0. The maximum atomic E-state index is 6.86. The maximum absolute atomic E-state index is 6.86. The number of nitrogens with zero attached hydrogens (tertiary/aromatic N) is 1. The molecule has 29 heavy (non-hydrogen) atoms. The number of fused-ring (bicyclic) bond motifs is 2. The van der Waals surface area contributed by atoms with Crippen molar-refractivity contribution in [1.29, 1.82) is 0 Å². The number of likely N-dealkylation sites (N-methyl/N-ethyl adjacent to an activating group) is 1. The van der Waals surface area contributed by atoms with Gasteiger partial charge >= 0.3 is 0 Å². The van der Waals surface area contributed by atoms with Crippen molar-refractivity contribution >= 4 is 0 Å². The van der Waals surface area contributed by atoms with Crippen molar-refractivity contribution in [3.63, 3.8) is 0 Å². The molecule has 2 bridgehead atoms. The van der Waals surface area contributed by atoms with Gasteiger partial charge in [-0.2, -0.15) is 0 Å². The van der Waals surface area contributed by atoms with E-state index < -0.39 is 0 Å². The van der Waals surface area contributed by atoms with E-state index in [0.29, 0.717) is 18.0 Å². The molecule has 154 valence electrons. The smallest absolute Gasteiger partial charge is 0.165 e. The first-order valence-corrected chi connectivity index (χ1v) is 11.1. The van der Waals surface area contributed by atoms with Crippen LogP contribution in [0.15, 0.2) is 53.6 Å². The first-order valence-electron chi connectivity index (χ1n) is 11.1. The second-order valence-electron chi connectivity index (χ2n) is 8.87. The molecule has 5 rings (SSSR count). The van der Waals surface area contributed by atoms with E-state index >= 15 is 0 Å². The molecule has 3 unspecified atom stereocenters. The summed E-state index contributed by atoms with van der Waals surface area (Å²) in [6, 6.07) is 7.32. The fraction of sp³-hybridized carbons (Fsp3) is 0.520. The topological polar surface area (TPSA) is 33.7 Å². The number of piperidine rings is 1. The Balaban J connectivity index is 1.55. The molecule has 0 radical (unpaired) electrons. The SMILES string of the molecule is COc1cccc2c1OC1C3=C(C=CC=CC(C3)C2)CC1N(C)C1CCNCC1. The summed E-state index contributed by atoms with van der Waals surface area (Å²) in [6.45, 7) is 2.23. The van der Waals surface area contributed by atoms with Crippen LogP contribution in [0.2, 0.25) is 0 Å². The Morgan fingerprint density at radius 1 is 1.10 bits per heavy atom. The summed E-state index contributed by atoms with van der Waals surface area (Å²) in [5, 5.41) is 3.50. The van der Waals surface area contributed by atoms with Crippen LogP contribution in [-0.4, -0.2) is 50.3 Å². The lowest BCUT2D eigenvalue weighted by molar-refractivity contribution is 0.0688. The zero-order valence-corrected chi connectivity index (χ0v) is 17.6. The highest BCUT2D eigenvalue weighted by atomic mass is 16.5. The number of rotatable bonds is 3. The van der Waals surface area contributed by atoms with Crippen molar-refractivity contribution in [2.24, 2.45) is 5.92 Å². The van der Waals surface area contributed by atoms with Crippen molar-refractivity contribution in [2.45, 2.75) is 50.3 Å². The van der Waals surface area contributed by atoms with Gasteiger partial charge in [-0.25, -0.2) is 0 Å². The van der Waals surface area contributed by atoms with E-state index in [-0.39, 0.29) is 6.10 Å². The molecule has 4 aliphatic rings. The van der Waals surface area contributed by atoms with Crippen molar-refractivity contribution < 1.29 is 9.47 Å². The van der Waals surface area contributed by atoms with Gasteiger partial charge in [0, 0.05) is 6.04 Å². The first-order chi connectivity index (χ1) is 14.2. The fourth-order valence-corrected chi connectivity index (χ4v) is 5.60. The molecule has 2 aliphatic heterocycles. The van der Waals surface area contributed by atoms with Crippen LogP contribution >= 0.6 is 0 Å². The predicted molar refractivity (Wildman–Crippen MR) is 117 cm³/mol. The second-order valence-corrected chi connectivity index (χ2v) is 8.87. The summed E-state index contributed by atoms with van der Waals surface area (Å²) in [4.78, 5) is 2.61. The maximum Gasteiger partial charge on any atom is 0.165 e. The lowest BCUT2D eigenvalue weighted by Gasteiger charge is -2.40. The lowest BCUT2D eigenvalue weighted by Crippen LogP contribution is -2.50. The molecule has 4 heteroatoms. The van der Waals surface area contributed by atoms with Gasteiger partial charge in [-0.1, -0.05) is 36.4 Å². The quantitative estimate of drug-likeness (QED) is 0.846. The van der Waals surface area contributed by atoms with E-state index in [4.69, 9.17) is 9.47 Å². The third-order valence-electron chi connectivity index (χ3n) is 7.22. The molecule has 1 N–H and O–H groups in total. The van der Waals surface area contributed by atoms with Gasteiger partial charge in [0.2, 0.25) is 0 Å². The molecular formula is C25H32N2O2. The number of nitrogens with one attached hydrogen (secondary N) is 1. The molecule has 1 fully saturated rings. The number of methoxy groups -OCH3 is 1. The largest absolute Gasteiger partial charge is 0.493 e. The minimum atomic E-state index is 0.0962. The fourth-order valence-electron chi connectivity index (χ4n) is 5.60. The summed E-state index contributed by atoms with van der Waals surface area (Å²) in [5.74, 6) is 2.31. The van der Waals surface area contributed by atoms with E-state index in [1.807, 2.05) is 6.07 Å². The average Bonchev–Trinajstić information content (AvgIpc) is 3.04. The van der Waals surface area contributed by atoms with Gasteiger partial charge < -0.3 is 14.8 Å². The van der Waals surface area contributed by atoms with Crippen LogP contribution in [0.25, 0.3) is 0 Å². The van der Waals surface area contributed by atoms with Crippen LogP contribution in [0.4, 0.5) is 0 Å². The van der Waals surface area contributed by atoms with Crippen molar-refractivity contribution in [1.82, 2.24) is 10.2 Å². The van der Waals surface area contributed by atoms with Crippen LogP contribution < -0.4 is 14.8 Å². The zero-order chi connectivity index (χ0) is 19.8. The lowest BCUT2D eigenvalue weighted by atomic mass is 9.86. The van der Waals surface area contributed by atoms with Crippen LogP contribution in [0.1, 0.15) is 31.2 Å². The zero-order valence-electron chi connectivity index (χ0n) is 17.6. The van der Waals surface area contributed by atoms with E-state index in [2.05, 4.69) is 53.7 Å². The Hall–Kier alpha value is -2.04. The highest BCUT2D eigenvalue weighted by molar-refractivity contribution is 5.50. The van der Waals surface area contributed by atoms with E-state index in [1.54, 1.807) is 7.11 Å². The Bertz CT molecular complexity index is 850. The summed E-state index contributed by atoms with van der Waals surface area (Å²) in [6.07, 6.45) is 14.8. The molecule has 2 heterocycles. The van der Waals surface area contributed by atoms with Gasteiger partial charge in [0.25, 0.3) is 0 Å². The van der Waals surface area contributed by atoms with Gasteiger partial charge in [0.15, 0.2) is 11.5 Å². The Kier molecular flexibility index (Phi) is 5.23. The third-order valence-corrected chi connectivity index (χ3v) is 7.22. The molecule has 1 saturated heterocycles. The summed E-state index contributed by atoms with van der Waals surface area (Å²) in [5.41, 5.74) is 4.24. The van der Waals surface area contributed by atoms with Gasteiger partial charge in [0.05, 0.1) is 13.2 Å². The molecule has 0 saturated carbocycles. The molecule has 0 aromatic heterocycles. The van der Waals surface area contributed by atoms with E-state index in [9.17, 15) is 0 Å². The van der Waals surface area contributed by atoms with Crippen molar-refractivity contribution in [2.75, 3.05) is 27.2 Å². The molecule has 1 aromatic rings. The minimum absolute atomic E-state index is 0.0962. The first kappa shape index (κ1) is 19.0. The van der Waals surface area contributed by atoms with Gasteiger partial charge in [-0.3, -0.25) is 4.90 Å². The van der Waals surface area contributed by atoms with Crippen LogP contribution in [-0.2, 0) is 6.42 Å². The molecule has 0 amide bonds. The second kappa shape index (κ2) is 8.00. The third kappa shape index (κ3) is 3.53. The van der Waals surface area contributed by atoms with E-state index in [1.165, 1.54) is 29.6 Å². The molecular weight excluding hydrogens is 360 g/mol. The minimum Gasteiger partial charge on any atom is -0.493 e. The van der Waals surface area contributed by atoms with Gasteiger partial charge in [0.1, 0.15) is 6.10 Å². The van der Waals surface area contributed by atoms with Crippen molar-refractivity contribution in [3.05, 3.63) is 59.2 Å². The molecule has 3 atom stereocenters. The standard InChI is InChI=1S/C25H32N2O2/c1-27(20-10-12-26-13-11-20)22-16-18-7-4-3-6-17-14-19-8-5-9-23(28-2)24(19)29-25(22)21(18)15-17/h3-9,17,20,22,25-26H,10-16H2,1-2H3. The number of hydrogen-bond donors (Lipinski definition) is 1. The Morgan fingerprint density at radius 3 is 2.79 bits per heavy atom. The highest BCUT2D eigenvalue weighted by Crippen LogP contribution is 2.45. The Morgan fingerprint density at radius 2 is 1.97 bits per heavy atom. The summed E-state index contributed by atoms with van der Waals surface area (Å²) < 4.78 is 12.6. The number of para-hydroxylation sites is 1. The summed E-state index contributed by atoms with van der Waals surface area (Å²) in [7, 11) is 4.06. The Labute approximate surface area is 174 Å². The monoisotopic (exact) mass is 392 g/mol. The molecule has 4 nitrogen and oxygen atoms in total. The number of ether oxygens (including phenoxy) is 2. The van der Waals surface area contributed by atoms with Gasteiger partial charge in [-0.15, -0.1) is 0 Å². The van der Waals surface area contributed by atoms with Crippen LogP contribution in [0, 0.1) is 5.92 Å². The van der Waals surface area contributed by atoms with Gasteiger partial charge in [-0.05, 0) is 80.9 Å². The number of hydrogen-bond acceptors (Lipinski definition) is 4.